The fourth-order valence-electron chi connectivity index (χ4n) is 1.78. The lowest BCUT2D eigenvalue weighted by molar-refractivity contribution is 0.0942. The van der Waals surface area contributed by atoms with Gasteiger partial charge in [-0.3, -0.25) is 10.2 Å². The van der Waals surface area contributed by atoms with E-state index in [0.29, 0.717) is 12.1 Å². The van der Waals surface area contributed by atoms with Crippen molar-refractivity contribution in [3.05, 3.63) is 58.6 Å². The van der Waals surface area contributed by atoms with Crippen molar-refractivity contribution in [2.45, 2.75) is 4.90 Å². The first-order valence-electron chi connectivity index (χ1n) is 6.35. The molecule has 0 saturated carbocycles. The first-order valence-corrected chi connectivity index (χ1v) is 8.21. The van der Waals surface area contributed by atoms with E-state index in [4.69, 9.17) is 16.3 Å². The molecule has 0 heterocycles. The minimum atomic E-state index is -4.52. The van der Waals surface area contributed by atoms with Crippen LogP contribution in [0.15, 0.2) is 41.3 Å². The smallest absolute Gasteiger partial charge is 0.270 e. The van der Waals surface area contributed by atoms with Gasteiger partial charge in [-0.25, -0.2) is 17.2 Å². The lowest BCUT2D eigenvalue weighted by Crippen LogP contribution is -2.42. The van der Waals surface area contributed by atoms with Crippen LogP contribution in [-0.2, 0) is 10.0 Å². The highest BCUT2D eigenvalue weighted by Gasteiger charge is 2.22. The summed E-state index contributed by atoms with van der Waals surface area (Å²) in [5, 5.41) is 0.222. The van der Waals surface area contributed by atoms with Crippen molar-refractivity contribution in [1.82, 2.24) is 10.3 Å². The molecule has 0 aliphatic heterocycles. The van der Waals surface area contributed by atoms with Crippen molar-refractivity contribution in [3.63, 3.8) is 0 Å². The number of benzene rings is 2. The van der Waals surface area contributed by atoms with Gasteiger partial charge >= 0.3 is 0 Å². The number of carbonyl (C=O) groups excluding carboxylic acids is 1. The number of nitrogens with one attached hydrogen (secondary N) is 2. The molecule has 0 aliphatic rings. The molecule has 6 nitrogen and oxygen atoms in total. The summed E-state index contributed by atoms with van der Waals surface area (Å²) in [7, 11) is -3.21. The number of carbonyl (C=O) groups is 1. The summed E-state index contributed by atoms with van der Waals surface area (Å²) in [6.45, 7) is 0. The number of sulfonamides is 1. The van der Waals surface area contributed by atoms with Crippen LogP contribution in [0.25, 0.3) is 0 Å². The van der Waals surface area contributed by atoms with Crippen LogP contribution >= 0.6 is 11.6 Å². The standard InChI is InChI=1S/C14H11ClF2N2O4S/c1-23-12-5-2-8(15)6-10(12)14(20)18-19-24(21,22)13-7-9(16)3-4-11(13)17/h2-7,19H,1H3,(H,18,20). The Labute approximate surface area is 141 Å². The van der Waals surface area contributed by atoms with E-state index in [0.717, 1.165) is 6.07 Å². The van der Waals surface area contributed by atoms with Crippen molar-refractivity contribution >= 4 is 27.5 Å². The van der Waals surface area contributed by atoms with Crippen molar-refractivity contribution in [2.24, 2.45) is 0 Å². The molecule has 0 aliphatic carbocycles. The van der Waals surface area contributed by atoms with Crippen LogP contribution in [0.2, 0.25) is 5.02 Å². The largest absolute Gasteiger partial charge is 0.496 e. The average Bonchev–Trinajstić information content (AvgIpc) is 2.54. The topological polar surface area (TPSA) is 84.5 Å². The Hall–Kier alpha value is -2.23. The zero-order valence-corrected chi connectivity index (χ0v) is 13.7. The van der Waals surface area contributed by atoms with Gasteiger partial charge in [-0.1, -0.05) is 11.6 Å². The number of hydrogen-bond donors (Lipinski definition) is 2. The first kappa shape index (κ1) is 18.1. The predicted molar refractivity (Wildman–Crippen MR) is 82.1 cm³/mol. The summed E-state index contributed by atoms with van der Waals surface area (Å²) in [5.74, 6) is -2.86. The fraction of sp³-hybridized carbons (Fsp3) is 0.0714. The maximum Gasteiger partial charge on any atom is 0.270 e. The summed E-state index contributed by atoms with van der Waals surface area (Å²) in [4.78, 5) is 12.8. The van der Waals surface area contributed by atoms with E-state index in [-0.39, 0.29) is 16.3 Å². The minimum absolute atomic E-state index is 0.0487. The molecule has 2 N–H and O–H groups in total. The monoisotopic (exact) mass is 376 g/mol. The van der Waals surface area contributed by atoms with E-state index < -0.39 is 32.5 Å². The number of hydrazine groups is 1. The average molecular weight is 377 g/mol. The van der Waals surface area contributed by atoms with Crippen molar-refractivity contribution in [2.75, 3.05) is 7.11 Å². The van der Waals surface area contributed by atoms with Gasteiger partial charge in [0.15, 0.2) is 0 Å². The highest BCUT2D eigenvalue weighted by molar-refractivity contribution is 7.89. The maximum absolute atomic E-state index is 13.5. The van der Waals surface area contributed by atoms with E-state index in [1.165, 1.54) is 25.3 Å². The quantitative estimate of drug-likeness (QED) is 0.784. The van der Waals surface area contributed by atoms with Crippen LogP contribution in [-0.4, -0.2) is 21.4 Å². The first-order chi connectivity index (χ1) is 11.2. The van der Waals surface area contributed by atoms with Gasteiger partial charge in [0.1, 0.15) is 22.3 Å². The summed E-state index contributed by atoms with van der Waals surface area (Å²) in [6, 6.07) is 6.06. The number of amides is 1. The molecule has 10 heteroatoms. The second-order valence-electron chi connectivity index (χ2n) is 4.48. The van der Waals surface area contributed by atoms with E-state index in [2.05, 4.69) is 0 Å². The number of halogens is 3. The van der Waals surface area contributed by atoms with Gasteiger partial charge in [0.05, 0.1) is 12.7 Å². The van der Waals surface area contributed by atoms with Crippen molar-refractivity contribution < 1.29 is 26.7 Å². The van der Waals surface area contributed by atoms with E-state index in [9.17, 15) is 22.0 Å². The van der Waals surface area contributed by atoms with E-state index >= 15 is 0 Å². The normalized spacial score (nSPS) is 11.2. The Bertz CT molecular complexity index is 890. The van der Waals surface area contributed by atoms with Gasteiger partial charge in [-0.05, 0) is 36.4 Å². The Balaban J connectivity index is 2.22. The molecule has 0 saturated heterocycles. The molecule has 0 atom stereocenters. The number of rotatable bonds is 5. The molecular formula is C14H11ClF2N2O4S. The van der Waals surface area contributed by atoms with Crippen LogP contribution in [0.1, 0.15) is 10.4 Å². The van der Waals surface area contributed by atoms with Crippen LogP contribution in [0.4, 0.5) is 8.78 Å². The lowest BCUT2D eigenvalue weighted by atomic mass is 10.2. The molecule has 0 spiro atoms. The molecule has 1 amide bonds. The van der Waals surface area contributed by atoms with E-state index in [1.54, 1.807) is 4.83 Å². The van der Waals surface area contributed by atoms with Gasteiger partial charge in [-0.2, -0.15) is 0 Å². The lowest BCUT2D eigenvalue weighted by Gasteiger charge is -2.11. The van der Waals surface area contributed by atoms with Crippen LogP contribution < -0.4 is 15.0 Å². The van der Waals surface area contributed by atoms with Crippen LogP contribution in [0.3, 0.4) is 0 Å². The third-order valence-corrected chi connectivity index (χ3v) is 4.39. The minimum Gasteiger partial charge on any atom is -0.496 e. The van der Waals surface area contributed by atoms with Crippen LogP contribution in [0.5, 0.6) is 5.75 Å². The van der Waals surface area contributed by atoms with Crippen molar-refractivity contribution in [3.8, 4) is 5.75 Å². The number of ether oxygens (including phenoxy) is 1. The fourth-order valence-corrected chi connectivity index (χ4v) is 2.88. The molecule has 0 radical (unpaired) electrons. The zero-order chi connectivity index (χ0) is 17.9. The summed E-state index contributed by atoms with van der Waals surface area (Å²) >= 11 is 5.78. The highest BCUT2D eigenvalue weighted by Crippen LogP contribution is 2.22. The van der Waals surface area contributed by atoms with Crippen molar-refractivity contribution in [1.29, 1.82) is 0 Å². The van der Waals surface area contributed by atoms with Gasteiger partial charge in [0.25, 0.3) is 15.9 Å². The zero-order valence-electron chi connectivity index (χ0n) is 12.1. The van der Waals surface area contributed by atoms with Gasteiger partial charge < -0.3 is 4.74 Å². The Morgan fingerprint density at radius 3 is 2.54 bits per heavy atom. The highest BCUT2D eigenvalue weighted by atomic mass is 35.5. The molecule has 2 rings (SSSR count). The summed E-state index contributed by atoms with van der Waals surface area (Å²) in [6.07, 6.45) is 0. The third-order valence-electron chi connectivity index (χ3n) is 2.89. The Kier molecular flexibility index (Phi) is 5.37. The molecule has 128 valence electrons. The molecule has 0 unspecified atom stereocenters. The molecule has 2 aromatic carbocycles. The van der Waals surface area contributed by atoms with Gasteiger partial charge in [0.2, 0.25) is 0 Å². The summed E-state index contributed by atoms with van der Waals surface area (Å²) in [5.41, 5.74) is 1.83. The second kappa shape index (κ2) is 7.12. The van der Waals surface area contributed by atoms with E-state index in [1.807, 2.05) is 5.43 Å². The Morgan fingerprint density at radius 1 is 1.17 bits per heavy atom. The molecule has 0 bridgehead atoms. The molecule has 0 aromatic heterocycles. The van der Waals surface area contributed by atoms with Gasteiger partial charge in [0, 0.05) is 5.02 Å². The predicted octanol–water partition coefficient (Wildman–Crippen LogP) is 2.25. The third kappa shape index (κ3) is 3.99. The van der Waals surface area contributed by atoms with Gasteiger partial charge in [-0.15, -0.1) is 4.83 Å². The maximum atomic E-state index is 13.5. The molecule has 0 fully saturated rings. The number of hydrogen-bond acceptors (Lipinski definition) is 4. The van der Waals surface area contributed by atoms with Crippen LogP contribution in [0, 0.1) is 11.6 Å². The SMILES string of the molecule is COc1ccc(Cl)cc1C(=O)NNS(=O)(=O)c1cc(F)ccc1F. The number of methoxy groups -OCH3 is 1. The molecule has 2 aromatic rings. The summed E-state index contributed by atoms with van der Waals surface area (Å²) < 4.78 is 55.6. The Morgan fingerprint density at radius 2 is 1.88 bits per heavy atom. The molecular weight excluding hydrogens is 366 g/mol. The molecule has 24 heavy (non-hydrogen) atoms. The second-order valence-corrected chi connectivity index (χ2v) is 6.57.